The van der Waals surface area contributed by atoms with E-state index < -0.39 is 0 Å². The van der Waals surface area contributed by atoms with Gasteiger partial charge in [0, 0.05) is 18.5 Å². The molecule has 2 heteroatoms. The lowest BCUT2D eigenvalue weighted by atomic mass is 9.77. The smallest absolute Gasteiger partial charge is 0.0526 e. The van der Waals surface area contributed by atoms with Gasteiger partial charge in [-0.2, -0.15) is 0 Å². The molecule has 0 bridgehead atoms. The lowest BCUT2D eigenvalue weighted by molar-refractivity contribution is 0.170. The molecule has 2 N–H and O–H groups in total. The molecule has 1 aromatic rings. The van der Waals surface area contributed by atoms with Crippen LogP contribution in [0.3, 0.4) is 0 Å². The van der Waals surface area contributed by atoms with Gasteiger partial charge in [-0.15, -0.1) is 0 Å². The Bertz CT molecular complexity index is 348. The Morgan fingerprint density at radius 1 is 1.38 bits per heavy atom. The van der Waals surface area contributed by atoms with Gasteiger partial charge in [-0.25, -0.2) is 0 Å². The Kier molecular flexibility index (Phi) is 3.62. The molecule has 3 atom stereocenters. The van der Waals surface area contributed by atoms with Crippen molar-refractivity contribution in [3.63, 3.8) is 0 Å². The molecule has 16 heavy (non-hydrogen) atoms. The number of aliphatic hydroxyl groups is 1. The molecule has 0 radical (unpaired) electrons. The minimum absolute atomic E-state index is 0.212. The van der Waals surface area contributed by atoms with Gasteiger partial charge in [0.2, 0.25) is 0 Å². The fourth-order valence-corrected chi connectivity index (χ4v) is 2.48. The van der Waals surface area contributed by atoms with Crippen LogP contribution in [0.4, 0.5) is 0 Å². The number of aliphatic hydroxyl groups excluding tert-OH is 1. The van der Waals surface area contributed by atoms with Crippen LogP contribution in [-0.2, 0) is 6.42 Å². The largest absolute Gasteiger partial charge is 0.393 e. The van der Waals surface area contributed by atoms with Gasteiger partial charge in [0.15, 0.2) is 0 Å². The van der Waals surface area contributed by atoms with E-state index in [9.17, 15) is 5.11 Å². The van der Waals surface area contributed by atoms with Crippen molar-refractivity contribution in [1.29, 1.82) is 0 Å². The van der Waals surface area contributed by atoms with Crippen LogP contribution in [0.1, 0.15) is 37.3 Å². The predicted octanol–water partition coefficient (Wildman–Crippen LogP) is 2.08. The van der Waals surface area contributed by atoms with Gasteiger partial charge >= 0.3 is 0 Å². The molecule has 1 aliphatic carbocycles. The number of hydrogen-bond donors (Lipinski definition) is 2. The molecule has 0 spiro atoms. The molecule has 0 saturated heterocycles. The van der Waals surface area contributed by atoms with Crippen LogP contribution >= 0.6 is 0 Å². The summed E-state index contributed by atoms with van der Waals surface area (Å²) >= 11 is 0. The second-order valence-corrected chi connectivity index (χ2v) is 4.99. The molecule has 0 aliphatic heterocycles. The lowest BCUT2D eigenvalue weighted by Gasteiger charge is -2.31. The molecule has 2 rings (SSSR count). The third-order valence-electron chi connectivity index (χ3n) is 3.37. The van der Waals surface area contributed by atoms with Crippen LogP contribution in [0.25, 0.3) is 0 Å². The minimum Gasteiger partial charge on any atom is -0.393 e. The van der Waals surface area contributed by atoms with Gasteiger partial charge in [-0.1, -0.05) is 24.3 Å². The van der Waals surface area contributed by atoms with Gasteiger partial charge in [-0.05, 0) is 37.8 Å². The van der Waals surface area contributed by atoms with Crippen molar-refractivity contribution in [2.75, 3.05) is 6.54 Å². The topological polar surface area (TPSA) is 32.3 Å². The molecule has 0 aromatic heterocycles. The SMILES string of the molecule is CC(O)CC(C)NCC1Cc2ccccc21. The van der Waals surface area contributed by atoms with Crippen LogP contribution in [-0.4, -0.2) is 23.8 Å². The predicted molar refractivity (Wildman–Crippen MR) is 66.6 cm³/mol. The summed E-state index contributed by atoms with van der Waals surface area (Å²) in [6.45, 7) is 5.01. The van der Waals surface area contributed by atoms with E-state index in [-0.39, 0.29) is 6.10 Å². The summed E-state index contributed by atoms with van der Waals surface area (Å²) in [7, 11) is 0. The van der Waals surface area contributed by atoms with Gasteiger partial charge in [0.1, 0.15) is 0 Å². The lowest BCUT2D eigenvalue weighted by Crippen LogP contribution is -2.36. The number of fused-ring (bicyclic) bond motifs is 1. The molecular weight excluding hydrogens is 198 g/mol. The Hall–Kier alpha value is -0.860. The van der Waals surface area contributed by atoms with Crippen LogP contribution in [0.5, 0.6) is 0 Å². The molecule has 88 valence electrons. The highest BCUT2D eigenvalue weighted by Crippen LogP contribution is 2.34. The molecule has 0 amide bonds. The quantitative estimate of drug-likeness (QED) is 0.794. The molecule has 0 saturated carbocycles. The highest BCUT2D eigenvalue weighted by atomic mass is 16.3. The van der Waals surface area contributed by atoms with Crippen LogP contribution < -0.4 is 5.32 Å². The first-order valence-corrected chi connectivity index (χ1v) is 6.16. The van der Waals surface area contributed by atoms with E-state index >= 15 is 0 Å². The van der Waals surface area contributed by atoms with Crippen molar-refractivity contribution in [1.82, 2.24) is 5.32 Å². The number of rotatable bonds is 5. The molecule has 0 fully saturated rings. The molecule has 1 aliphatic rings. The zero-order valence-corrected chi connectivity index (χ0v) is 10.1. The normalized spacial score (nSPS) is 22.1. The Morgan fingerprint density at radius 3 is 2.81 bits per heavy atom. The maximum atomic E-state index is 9.28. The molecular formula is C14H21NO. The second-order valence-electron chi connectivity index (χ2n) is 4.99. The first-order valence-electron chi connectivity index (χ1n) is 6.16. The first kappa shape index (κ1) is 11.6. The highest BCUT2D eigenvalue weighted by Gasteiger charge is 2.25. The van der Waals surface area contributed by atoms with E-state index in [0.29, 0.717) is 12.0 Å². The minimum atomic E-state index is -0.212. The first-order chi connectivity index (χ1) is 7.66. The molecule has 3 unspecified atom stereocenters. The van der Waals surface area contributed by atoms with Crippen LogP contribution in [0, 0.1) is 0 Å². The van der Waals surface area contributed by atoms with Gasteiger partial charge in [-0.3, -0.25) is 0 Å². The van der Waals surface area contributed by atoms with Crippen molar-refractivity contribution >= 4 is 0 Å². The third-order valence-corrected chi connectivity index (χ3v) is 3.37. The average molecular weight is 219 g/mol. The average Bonchev–Trinajstić information content (AvgIpc) is 2.18. The van der Waals surface area contributed by atoms with Crippen molar-refractivity contribution in [2.45, 2.75) is 44.8 Å². The zero-order valence-electron chi connectivity index (χ0n) is 10.1. The fourth-order valence-electron chi connectivity index (χ4n) is 2.48. The zero-order chi connectivity index (χ0) is 11.5. The maximum Gasteiger partial charge on any atom is 0.0526 e. The van der Waals surface area contributed by atoms with Gasteiger partial charge in [0.25, 0.3) is 0 Å². The molecule has 2 nitrogen and oxygen atoms in total. The summed E-state index contributed by atoms with van der Waals surface area (Å²) in [4.78, 5) is 0. The number of nitrogens with one attached hydrogen (secondary N) is 1. The fraction of sp³-hybridized carbons (Fsp3) is 0.571. The molecule has 1 aromatic carbocycles. The Labute approximate surface area is 97.7 Å². The number of benzene rings is 1. The second kappa shape index (κ2) is 4.98. The van der Waals surface area contributed by atoms with E-state index in [1.165, 1.54) is 17.5 Å². The summed E-state index contributed by atoms with van der Waals surface area (Å²) in [6.07, 6.45) is 1.81. The van der Waals surface area contributed by atoms with Crippen molar-refractivity contribution in [3.8, 4) is 0 Å². The summed E-state index contributed by atoms with van der Waals surface area (Å²) in [5.41, 5.74) is 3.00. The maximum absolute atomic E-state index is 9.28. The van der Waals surface area contributed by atoms with Gasteiger partial charge < -0.3 is 10.4 Å². The summed E-state index contributed by atoms with van der Waals surface area (Å²) in [6, 6.07) is 9.06. The van der Waals surface area contributed by atoms with E-state index in [4.69, 9.17) is 0 Å². The van der Waals surface area contributed by atoms with Crippen molar-refractivity contribution < 1.29 is 5.11 Å². The standard InChI is InChI=1S/C14H21NO/c1-10(7-11(2)16)15-9-13-8-12-5-3-4-6-14(12)13/h3-6,10-11,13,15-16H,7-9H2,1-2H3. The summed E-state index contributed by atoms with van der Waals surface area (Å²) in [5.74, 6) is 0.674. The van der Waals surface area contributed by atoms with E-state index in [1.807, 2.05) is 6.92 Å². The van der Waals surface area contributed by atoms with E-state index in [2.05, 4.69) is 36.5 Å². The third kappa shape index (κ3) is 2.63. The van der Waals surface area contributed by atoms with Crippen LogP contribution in [0.15, 0.2) is 24.3 Å². The monoisotopic (exact) mass is 219 g/mol. The van der Waals surface area contributed by atoms with Crippen LogP contribution in [0.2, 0.25) is 0 Å². The van der Waals surface area contributed by atoms with Crippen molar-refractivity contribution in [2.24, 2.45) is 0 Å². The highest BCUT2D eigenvalue weighted by molar-refractivity contribution is 5.40. The van der Waals surface area contributed by atoms with E-state index in [0.717, 1.165) is 13.0 Å². The van der Waals surface area contributed by atoms with Crippen molar-refractivity contribution in [3.05, 3.63) is 35.4 Å². The Morgan fingerprint density at radius 2 is 2.12 bits per heavy atom. The van der Waals surface area contributed by atoms with E-state index in [1.54, 1.807) is 0 Å². The summed E-state index contributed by atoms with van der Waals surface area (Å²) < 4.78 is 0. The Balaban J connectivity index is 1.77. The number of hydrogen-bond acceptors (Lipinski definition) is 2. The molecule has 0 heterocycles. The van der Waals surface area contributed by atoms with Gasteiger partial charge in [0.05, 0.1) is 6.10 Å². The summed E-state index contributed by atoms with van der Waals surface area (Å²) in [5, 5.41) is 12.8.